The number of aryl methyl sites for hydroxylation is 1. The van der Waals surface area contributed by atoms with Gasteiger partial charge in [0.15, 0.2) is 0 Å². The van der Waals surface area contributed by atoms with E-state index in [9.17, 15) is 0 Å². The zero-order valence-corrected chi connectivity index (χ0v) is 13.9. The molecule has 0 saturated carbocycles. The molecule has 0 amide bonds. The van der Waals surface area contributed by atoms with E-state index in [1.54, 1.807) is 0 Å². The van der Waals surface area contributed by atoms with Crippen LogP contribution in [0.3, 0.4) is 0 Å². The molecule has 3 rings (SSSR count). The average Bonchev–Trinajstić information content (AvgIpc) is 2.45. The van der Waals surface area contributed by atoms with E-state index >= 15 is 0 Å². The van der Waals surface area contributed by atoms with Gasteiger partial charge in [-0.05, 0) is 52.6 Å². The van der Waals surface area contributed by atoms with Crippen LogP contribution in [-0.4, -0.2) is 0 Å². The van der Waals surface area contributed by atoms with Crippen LogP contribution in [-0.2, 0) is 0 Å². The number of rotatable bonds is 2. The van der Waals surface area contributed by atoms with Crippen LogP contribution in [0.2, 0.25) is 5.02 Å². The summed E-state index contributed by atoms with van der Waals surface area (Å²) in [5.74, 6) is 0. The second-order valence-corrected chi connectivity index (χ2v) is 6.55. The maximum atomic E-state index is 6.54. The molecule has 0 aromatic heterocycles. The maximum absolute atomic E-state index is 6.54. The second-order valence-electron chi connectivity index (χ2n) is 5.20. The molecule has 106 valence electrons. The molecule has 3 heteroatoms. The van der Waals surface area contributed by atoms with Crippen molar-refractivity contribution in [3.63, 3.8) is 0 Å². The van der Waals surface area contributed by atoms with E-state index in [1.165, 1.54) is 16.3 Å². The molecule has 0 aliphatic heterocycles. The molecule has 0 aliphatic carbocycles. The van der Waals surface area contributed by atoms with Gasteiger partial charge in [-0.25, -0.2) is 0 Å². The van der Waals surface area contributed by atoms with E-state index in [1.807, 2.05) is 30.3 Å². The molecule has 0 bridgehead atoms. The van der Waals surface area contributed by atoms with Gasteiger partial charge in [0.1, 0.15) is 0 Å². The van der Waals surface area contributed by atoms with Crippen LogP contribution >= 0.6 is 27.5 Å². The Kier molecular flexibility index (Phi) is 4.03. The predicted octanol–water partition coefficient (Wildman–Crippen LogP) is 5.61. The first-order valence-corrected chi connectivity index (χ1v) is 7.93. The van der Waals surface area contributed by atoms with Crippen LogP contribution in [0.25, 0.3) is 10.8 Å². The van der Waals surface area contributed by atoms with E-state index in [2.05, 4.69) is 47.1 Å². The summed E-state index contributed by atoms with van der Waals surface area (Å²) < 4.78 is 0.943. The van der Waals surface area contributed by atoms with Gasteiger partial charge in [-0.2, -0.15) is 0 Å². The largest absolute Gasteiger partial charge is 0.320 e. The molecule has 0 fully saturated rings. The van der Waals surface area contributed by atoms with Crippen LogP contribution < -0.4 is 5.73 Å². The first kappa shape index (κ1) is 14.6. The van der Waals surface area contributed by atoms with E-state index in [0.717, 1.165) is 15.6 Å². The molecule has 0 aliphatic rings. The maximum Gasteiger partial charge on any atom is 0.0561 e. The number of halogens is 2. The Balaban J connectivity index is 2.21. The standard InChI is InChI=1S/C18H15BrClN/c1-11-6-7-12-4-2-3-5-16(12)17(11)18(21)13-8-14(19)10-15(20)9-13/h2-10,18H,21H2,1H3. The van der Waals surface area contributed by atoms with Gasteiger partial charge in [0.25, 0.3) is 0 Å². The van der Waals surface area contributed by atoms with Crippen molar-refractivity contribution in [2.45, 2.75) is 13.0 Å². The van der Waals surface area contributed by atoms with E-state index in [-0.39, 0.29) is 6.04 Å². The SMILES string of the molecule is Cc1ccc2ccccc2c1C(N)c1cc(Cl)cc(Br)c1. The molecule has 0 saturated heterocycles. The summed E-state index contributed by atoms with van der Waals surface area (Å²) in [6, 6.07) is 18.2. The lowest BCUT2D eigenvalue weighted by Gasteiger charge is -2.18. The fourth-order valence-electron chi connectivity index (χ4n) is 2.74. The molecule has 0 spiro atoms. The average molecular weight is 361 g/mol. The number of hydrogen-bond acceptors (Lipinski definition) is 1. The van der Waals surface area contributed by atoms with Gasteiger partial charge in [-0.15, -0.1) is 0 Å². The summed E-state index contributed by atoms with van der Waals surface area (Å²) >= 11 is 9.64. The number of fused-ring (bicyclic) bond motifs is 1. The van der Waals surface area contributed by atoms with Gasteiger partial charge in [-0.1, -0.05) is 63.9 Å². The zero-order valence-electron chi connectivity index (χ0n) is 11.6. The Morgan fingerprint density at radius 3 is 2.57 bits per heavy atom. The summed E-state index contributed by atoms with van der Waals surface area (Å²) in [7, 11) is 0. The molecule has 1 unspecified atom stereocenters. The van der Waals surface area contributed by atoms with Crippen LogP contribution in [0, 0.1) is 6.92 Å². The van der Waals surface area contributed by atoms with Gasteiger partial charge >= 0.3 is 0 Å². The molecular weight excluding hydrogens is 346 g/mol. The third-order valence-corrected chi connectivity index (χ3v) is 4.42. The number of hydrogen-bond donors (Lipinski definition) is 1. The van der Waals surface area contributed by atoms with E-state index in [0.29, 0.717) is 5.02 Å². The molecule has 21 heavy (non-hydrogen) atoms. The first-order valence-electron chi connectivity index (χ1n) is 6.76. The first-order chi connectivity index (χ1) is 10.1. The Labute approximate surface area is 137 Å². The highest BCUT2D eigenvalue weighted by Gasteiger charge is 2.15. The minimum absolute atomic E-state index is 0.203. The van der Waals surface area contributed by atoms with Crippen molar-refractivity contribution in [3.8, 4) is 0 Å². The quantitative estimate of drug-likeness (QED) is 0.631. The summed E-state index contributed by atoms with van der Waals surface area (Å²) in [4.78, 5) is 0. The molecule has 1 nitrogen and oxygen atoms in total. The van der Waals surface area contributed by atoms with E-state index in [4.69, 9.17) is 17.3 Å². The lowest BCUT2D eigenvalue weighted by atomic mass is 9.91. The van der Waals surface area contributed by atoms with Crippen molar-refractivity contribution in [2.75, 3.05) is 0 Å². The van der Waals surface area contributed by atoms with Crippen LogP contribution in [0.4, 0.5) is 0 Å². The van der Waals surface area contributed by atoms with Gasteiger partial charge in [0.05, 0.1) is 6.04 Å². The monoisotopic (exact) mass is 359 g/mol. The normalized spacial score (nSPS) is 12.6. The van der Waals surface area contributed by atoms with Crippen molar-refractivity contribution in [1.29, 1.82) is 0 Å². The summed E-state index contributed by atoms with van der Waals surface area (Å²) in [6.45, 7) is 2.10. The molecular formula is C18H15BrClN. The third-order valence-electron chi connectivity index (χ3n) is 3.74. The van der Waals surface area contributed by atoms with Crippen molar-refractivity contribution in [1.82, 2.24) is 0 Å². The minimum atomic E-state index is -0.203. The molecule has 1 atom stereocenters. The topological polar surface area (TPSA) is 26.0 Å². The Morgan fingerprint density at radius 1 is 1.05 bits per heavy atom. The molecule has 3 aromatic rings. The highest BCUT2D eigenvalue weighted by atomic mass is 79.9. The third kappa shape index (κ3) is 2.84. The Morgan fingerprint density at radius 2 is 1.81 bits per heavy atom. The molecule has 3 aromatic carbocycles. The van der Waals surface area contributed by atoms with Crippen LogP contribution in [0.5, 0.6) is 0 Å². The van der Waals surface area contributed by atoms with Crippen LogP contribution in [0.15, 0.2) is 59.1 Å². The Bertz CT molecular complexity index is 793. The van der Waals surface area contributed by atoms with Crippen molar-refractivity contribution in [2.24, 2.45) is 5.73 Å². The predicted molar refractivity (Wildman–Crippen MR) is 93.9 cm³/mol. The fourth-order valence-corrected chi connectivity index (χ4v) is 3.63. The summed E-state index contributed by atoms with van der Waals surface area (Å²) in [6.07, 6.45) is 0. The second kappa shape index (κ2) is 5.80. The lowest BCUT2D eigenvalue weighted by molar-refractivity contribution is 0.870. The smallest absolute Gasteiger partial charge is 0.0561 e. The van der Waals surface area contributed by atoms with Gasteiger partial charge < -0.3 is 5.73 Å². The van der Waals surface area contributed by atoms with Crippen molar-refractivity contribution < 1.29 is 0 Å². The fraction of sp³-hybridized carbons (Fsp3) is 0.111. The molecule has 0 radical (unpaired) electrons. The highest BCUT2D eigenvalue weighted by molar-refractivity contribution is 9.10. The highest BCUT2D eigenvalue weighted by Crippen LogP contribution is 2.32. The lowest BCUT2D eigenvalue weighted by Crippen LogP contribution is -2.14. The number of benzene rings is 3. The summed E-state index contributed by atoms with van der Waals surface area (Å²) in [5, 5.41) is 3.09. The molecule has 2 N–H and O–H groups in total. The van der Waals surface area contributed by atoms with E-state index < -0.39 is 0 Å². The van der Waals surface area contributed by atoms with Crippen LogP contribution in [0.1, 0.15) is 22.7 Å². The van der Waals surface area contributed by atoms with Crippen molar-refractivity contribution >= 4 is 38.3 Å². The van der Waals surface area contributed by atoms with Gasteiger partial charge in [0, 0.05) is 9.50 Å². The Hall–Kier alpha value is -1.35. The van der Waals surface area contributed by atoms with Crippen molar-refractivity contribution in [3.05, 3.63) is 80.8 Å². The van der Waals surface area contributed by atoms with Gasteiger partial charge in [-0.3, -0.25) is 0 Å². The zero-order chi connectivity index (χ0) is 15.0. The molecule has 0 heterocycles. The number of nitrogens with two attached hydrogens (primary N) is 1. The summed E-state index contributed by atoms with van der Waals surface area (Å²) in [5.41, 5.74) is 9.90. The van der Waals surface area contributed by atoms with Gasteiger partial charge in [0.2, 0.25) is 0 Å². The minimum Gasteiger partial charge on any atom is -0.320 e.